The topological polar surface area (TPSA) is 76.8 Å². The number of rotatable bonds is 3. The summed E-state index contributed by atoms with van der Waals surface area (Å²) < 4.78 is 38.8. The number of alkyl halides is 3. The van der Waals surface area contributed by atoms with E-state index < -0.39 is 17.3 Å². The number of hydrogen-bond acceptors (Lipinski definition) is 4. The van der Waals surface area contributed by atoms with Gasteiger partial charge in [0.2, 0.25) is 0 Å². The lowest BCUT2D eigenvalue weighted by atomic mass is 10.1. The van der Waals surface area contributed by atoms with Crippen molar-refractivity contribution >= 4 is 5.69 Å². The summed E-state index contributed by atoms with van der Waals surface area (Å²) in [5, 5.41) is 18.7. The van der Waals surface area contributed by atoms with Crippen LogP contribution < -0.4 is 10.9 Å². The molecule has 0 unspecified atom stereocenters. The molecule has 116 valence electrons. The molecule has 0 aliphatic rings. The number of nitriles is 2. The van der Waals surface area contributed by atoms with Crippen molar-refractivity contribution in [3.63, 3.8) is 0 Å². The second-order valence-corrected chi connectivity index (χ2v) is 4.78. The zero-order valence-electron chi connectivity index (χ0n) is 11.8. The van der Waals surface area contributed by atoms with Crippen molar-refractivity contribution in [3.05, 3.63) is 64.7 Å². The number of halogens is 3. The summed E-state index contributed by atoms with van der Waals surface area (Å²) in [5.74, 6) is 5.82. The van der Waals surface area contributed by atoms with Crippen LogP contribution in [0.1, 0.15) is 22.3 Å². The Morgan fingerprint density at radius 3 is 2.17 bits per heavy atom. The van der Waals surface area contributed by atoms with Crippen LogP contribution in [0.5, 0.6) is 0 Å². The lowest BCUT2D eigenvalue weighted by Gasteiger charge is -2.20. The summed E-state index contributed by atoms with van der Waals surface area (Å²) in [6.07, 6.45) is -4.63. The average molecular weight is 316 g/mol. The van der Waals surface area contributed by atoms with Crippen LogP contribution in [-0.4, -0.2) is 0 Å². The standard InChI is InChI=1S/C16H11F3N4/c17-16(18,19)15-7-14(6-5-13(15)9-21)23(22)10-12-3-1-11(8-20)2-4-12/h1-7H,10,22H2. The molecule has 2 N–H and O–H groups in total. The zero-order valence-corrected chi connectivity index (χ0v) is 11.8. The summed E-state index contributed by atoms with van der Waals surface area (Å²) in [4.78, 5) is 0. The molecular weight excluding hydrogens is 305 g/mol. The molecule has 0 spiro atoms. The Kier molecular flexibility index (Phi) is 4.54. The van der Waals surface area contributed by atoms with E-state index in [0.29, 0.717) is 5.56 Å². The van der Waals surface area contributed by atoms with Crippen LogP contribution in [0.4, 0.5) is 18.9 Å². The van der Waals surface area contributed by atoms with E-state index in [1.54, 1.807) is 24.3 Å². The Morgan fingerprint density at radius 1 is 1.00 bits per heavy atom. The third kappa shape index (κ3) is 3.79. The maximum atomic E-state index is 12.9. The molecule has 0 amide bonds. The van der Waals surface area contributed by atoms with Crippen molar-refractivity contribution in [2.75, 3.05) is 5.01 Å². The smallest absolute Gasteiger partial charge is 0.307 e. The van der Waals surface area contributed by atoms with Gasteiger partial charge in [-0.05, 0) is 35.9 Å². The van der Waals surface area contributed by atoms with E-state index in [4.69, 9.17) is 16.4 Å². The Hall–Kier alpha value is -3.03. The Morgan fingerprint density at radius 2 is 1.65 bits per heavy atom. The first kappa shape index (κ1) is 16.3. The number of nitrogens with zero attached hydrogens (tertiary/aromatic N) is 3. The summed E-state index contributed by atoms with van der Waals surface area (Å²) in [7, 11) is 0. The van der Waals surface area contributed by atoms with Gasteiger partial charge in [0.05, 0.1) is 41.1 Å². The van der Waals surface area contributed by atoms with Crippen LogP contribution in [0.2, 0.25) is 0 Å². The van der Waals surface area contributed by atoms with Crippen molar-refractivity contribution in [2.24, 2.45) is 5.84 Å². The third-order valence-corrected chi connectivity index (χ3v) is 3.20. The molecule has 0 aliphatic heterocycles. The molecule has 0 aliphatic carbocycles. The van der Waals surface area contributed by atoms with Crippen molar-refractivity contribution < 1.29 is 13.2 Å². The zero-order chi connectivity index (χ0) is 17.0. The minimum absolute atomic E-state index is 0.140. The largest absolute Gasteiger partial charge is 0.417 e. The fourth-order valence-electron chi connectivity index (χ4n) is 2.02. The number of nitrogens with two attached hydrogens (primary N) is 1. The molecule has 2 rings (SSSR count). The lowest BCUT2D eigenvalue weighted by Crippen LogP contribution is -2.30. The summed E-state index contributed by atoms with van der Waals surface area (Å²) in [5.41, 5.74) is -0.110. The van der Waals surface area contributed by atoms with E-state index in [1.165, 1.54) is 12.1 Å². The minimum Gasteiger partial charge on any atom is -0.307 e. The molecule has 2 aromatic carbocycles. The summed E-state index contributed by atoms with van der Waals surface area (Å²) >= 11 is 0. The van der Waals surface area contributed by atoms with E-state index >= 15 is 0 Å². The van der Waals surface area contributed by atoms with E-state index in [1.807, 2.05) is 6.07 Å². The predicted molar refractivity (Wildman–Crippen MR) is 77.7 cm³/mol. The van der Waals surface area contributed by atoms with Gasteiger partial charge in [-0.15, -0.1) is 0 Å². The van der Waals surface area contributed by atoms with Crippen LogP contribution in [0.25, 0.3) is 0 Å². The Bertz CT molecular complexity index is 783. The molecule has 4 nitrogen and oxygen atoms in total. The predicted octanol–water partition coefficient (Wildman–Crippen LogP) is 3.33. The average Bonchev–Trinajstić information content (AvgIpc) is 2.54. The van der Waals surface area contributed by atoms with Gasteiger partial charge in [0.15, 0.2) is 0 Å². The maximum Gasteiger partial charge on any atom is 0.417 e. The molecule has 0 saturated heterocycles. The molecule has 2 aromatic rings. The van der Waals surface area contributed by atoms with Gasteiger partial charge in [-0.1, -0.05) is 12.1 Å². The van der Waals surface area contributed by atoms with E-state index in [9.17, 15) is 13.2 Å². The number of benzene rings is 2. The third-order valence-electron chi connectivity index (χ3n) is 3.20. The molecule has 0 fully saturated rings. The Balaban J connectivity index is 2.27. The van der Waals surface area contributed by atoms with Gasteiger partial charge in [0.25, 0.3) is 0 Å². The fraction of sp³-hybridized carbons (Fsp3) is 0.125. The fourth-order valence-corrected chi connectivity index (χ4v) is 2.02. The number of hydrogen-bond donors (Lipinski definition) is 1. The number of anilines is 1. The highest BCUT2D eigenvalue weighted by molar-refractivity contribution is 5.54. The first-order chi connectivity index (χ1) is 10.8. The van der Waals surface area contributed by atoms with E-state index in [0.717, 1.165) is 22.7 Å². The van der Waals surface area contributed by atoms with E-state index in [2.05, 4.69) is 0 Å². The number of hydrazine groups is 1. The van der Waals surface area contributed by atoms with Gasteiger partial charge in [-0.3, -0.25) is 0 Å². The molecular formula is C16H11F3N4. The highest BCUT2D eigenvalue weighted by Crippen LogP contribution is 2.34. The first-order valence-electron chi connectivity index (χ1n) is 6.48. The molecule has 0 atom stereocenters. The molecule has 0 radical (unpaired) electrons. The minimum atomic E-state index is -4.63. The highest BCUT2D eigenvalue weighted by Gasteiger charge is 2.34. The van der Waals surface area contributed by atoms with Gasteiger partial charge in [0, 0.05) is 0 Å². The van der Waals surface area contributed by atoms with Crippen LogP contribution in [-0.2, 0) is 12.7 Å². The van der Waals surface area contributed by atoms with Crippen molar-refractivity contribution in [1.82, 2.24) is 0 Å². The lowest BCUT2D eigenvalue weighted by molar-refractivity contribution is -0.137. The monoisotopic (exact) mass is 316 g/mol. The second-order valence-electron chi connectivity index (χ2n) is 4.78. The first-order valence-corrected chi connectivity index (χ1v) is 6.48. The maximum absolute atomic E-state index is 12.9. The van der Waals surface area contributed by atoms with Gasteiger partial charge >= 0.3 is 6.18 Å². The van der Waals surface area contributed by atoms with Crippen molar-refractivity contribution in [3.8, 4) is 12.1 Å². The quantitative estimate of drug-likeness (QED) is 0.696. The van der Waals surface area contributed by atoms with Crippen molar-refractivity contribution in [2.45, 2.75) is 12.7 Å². The van der Waals surface area contributed by atoms with Crippen LogP contribution >= 0.6 is 0 Å². The van der Waals surface area contributed by atoms with Crippen molar-refractivity contribution in [1.29, 1.82) is 10.5 Å². The highest BCUT2D eigenvalue weighted by atomic mass is 19.4. The van der Waals surface area contributed by atoms with Gasteiger partial charge in [-0.25, -0.2) is 5.84 Å². The SMILES string of the molecule is N#Cc1ccc(CN(N)c2ccc(C#N)c(C(F)(F)F)c2)cc1. The van der Waals surface area contributed by atoms with Crippen LogP contribution in [0.15, 0.2) is 42.5 Å². The molecule has 7 heteroatoms. The van der Waals surface area contributed by atoms with Crippen LogP contribution in [0.3, 0.4) is 0 Å². The molecule has 0 aromatic heterocycles. The van der Waals surface area contributed by atoms with E-state index in [-0.39, 0.29) is 12.2 Å². The molecule has 23 heavy (non-hydrogen) atoms. The second kappa shape index (κ2) is 6.39. The summed E-state index contributed by atoms with van der Waals surface area (Å²) in [6, 6.07) is 13.3. The van der Waals surface area contributed by atoms with Gasteiger partial charge in [0.1, 0.15) is 0 Å². The molecule has 0 saturated carbocycles. The van der Waals surface area contributed by atoms with Gasteiger partial charge in [-0.2, -0.15) is 23.7 Å². The molecule has 0 heterocycles. The Labute approximate surface area is 130 Å². The summed E-state index contributed by atoms with van der Waals surface area (Å²) in [6.45, 7) is 0.162. The van der Waals surface area contributed by atoms with Crippen LogP contribution in [0, 0.1) is 22.7 Å². The normalized spacial score (nSPS) is 10.7. The van der Waals surface area contributed by atoms with Gasteiger partial charge < -0.3 is 5.01 Å². The molecule has 0 bridgehead atoms.